The molecule has 0 spiro atoms. The molecule has 1 aliphatic heterocycles. The smallest absolute Gasteiger partial charge is 0.227 e. The third-order valence-electron chi connectivity index (χ3n) is 6.38. The average molecular weight is 450 g/mol. The largest absolute Gasteiger partial charge is 0.342 e. The quantitative estimate of drug-likeness (QED) is 0.578. The Labute approximate surface area is 192 Å². The lowest BCUT2D eigenvalue weighted by molar-refractivity contribution is -0.141. The molecule has 7 nitrogen and oxygen atoms in total. The Balaban J connectivity index is 1.37. The number of amides is 2. The zero-order valence-electron chi connectivity index (χ0n) is 18.9. The van der Waals surface area contributed by atoms with Gasteiger partial charge in [-0.3, -0.25) is 9.59 Å². The minimum Gasteiger partial charge on any atom is -0.342 e. The maximum Gasteiger partial charge on any atom is 0.227 e. The van der Waals surface area contributed by atoms with Gasteiger partial charge in [0, 0.05) is 20.1 Å². The molecule has 0 aliphatic carbocycles. The molecule has 2 aromatic carbocycles. The highest BCUT2D eigenvalue weighted by Crippen LogP contribution is 2.25. The monoisotopic (exact) mass is 449 g/mol. The van der Waals surface area contributed by atoms with Crippen molar-refractivity contribution >= 4 is 11.8 Å². The summed E-state index contributed by atoms with van der Waals surface area (Å²) in [5.41, 5.74) is 2.70. The molecule has 2 amide bonds. The van der Waals surface area contributed by atoms with Gasteiger partial charge < -0.3 is 9.80 Å². The summed E-state index contributed by atoms with van der Waals surface area (Å²) < 4.78 is 14.8. The molecule has 1 aromatic heterocycles. The summed E-state index contributed by atoms with van der Waals surface area (Å²) in [5.74, 6) is -0.529. The van der Waals surface area contributed by atoms with Gasteiger partial charge in [0.05, 0.1) is 24.1 Å². The van der Waals surface area contributed by atoms with Crippen LogP contribution < -0.4 is 0 Å². The maximum atomic E-state index is 13.3. The van der Waals surface area contributed by atoms with Gasteiger partial charge in [-0.25, -0.2) is 14.1 Å². The number of rotatable bonds is 6. The first-order chi connectivity index (χ1) is 15.9. The zero-order valence-corrected chi connectivity index (χ0v) is 18.9. The minimum absolute atomic E-state index is 0.0292. The van der Waals surface area contributed by atoms with Crippen LogP contribution in [0, 0.1) is 11.7 Å². The van der Waals surface area contributed by atoms with E-state index < -0.39 is 0 Å². The molecule has 1 fully saturated rings. The summed E-state index contributed by atoms with van der Waals surface area (Å²) in [6.07, 6.45) is 4.90. The van der Waals surface area contributed by atoms with Crippen LogP contribution in [0.2, 0.25) is 0 Å². The highest BCUT2D eigenvalue weighted by molar-refractivity contribution is 5.82. The van der Waals surface area contributed by atoms with Crippen molar-refractivity contribution in [1.29, 1.82) is 0 Å². The van der Waals surface area contributed by atoms with Gasteiger partial charge in [0.2, 0.25) is 11.8 Å². The van der Waals surface area contributed by atoms with Gasteiger partial charge in [-0.2, -0.15) is 5.10 Å². The predicted octanol–water partition coefficient (Wildman–Crippen LogP) is 3.41. The van der Waals surface area contributed by atoms with Crippen molar-refractivity contribution in [3.05, 3.63) is 78.1 Å². The molecule has 0 saturated carbocycles. The number of nitrogens with zero attached hydrogens (tertiary/aromatic N) is 5. The van der Waals surface area contributed by atoms with E-state index in [0.29, 0.717) is 13.1 Å². The van der Waals surface area contributed by atoms with Crippen LogP contribution in [0.4, 0.5) is 4.39 Å². The molecule has 1 saturated heterocycles. The number of hydrogen-bond donors (Lipinski definition) is 0. The standard InChI is InChI=1S/C25H28FN5O2/c1-18(20-7-11-23(12-8-20)31-17-27-16-28-31)29(2)25(33)21-4-3-13-30(15-21)24(32)14-19-5-9-22(26)10-6-19/h5-12,16-18,21H,3-4,13-15H2,1-2H3. The van der Waals surface area contributed by atoms with Gasteiger partial charge in [-0.15, -0.1) is 0 Å². The Morgan fingerprint density at radius 2 is 1.88 bits per heavy atom. The fraction of sp³-hybridized carbons (Fsp3) is 0.360. The molecule has 8 heteroatoms. The van der Waals surface area contributed by atoms with Gasteiger partial charge in [0.1, 0.15) is 18.5 Å². The Hall–Kier alpha value is -3.55. The van der Waals surface area contributed by atoms with Gasteiger partial charge in [-0.05, 0) is 55.2 Å². The zero-order chi connectivity index (χ0) is 23.4. The molecule has 2 atom stereocenters. The molecular weight excluding hydrogens is 421 g/mol. The fourth-order valence-electron chi connectivity index (χ4n) is 4.24. The fourth-order valence-corrected chi connectivity index (χ4v) is 4.24. The summed E-state index contributed by atoms with van der Waals surface area (Å²) in [6, 6.07) is 13.8. The van der Waals surface area contributed by atoms with Gasteiger partial charge in [-0.1, -0.05) is 24.3 Å². The first-order valence-electron chi connectivity index (χ1n) is 11.2. The van der Waals surface area contributed by atoms with Gasteiger partial charge in [0.25, 0.3) is 0 Å². The number of likely N-dealkylation sites (tertiary alicyclic amines) is 1. The molecule has 172 valence electrons. The van der Waals surface area contributed by atoms with Crippen molar-refractivity contribution in [3.63, 3.8) is 0 Å². The van der Waals surface area contributed by atoms with E-state index in [2.05, 4.69) is 10.1 Å². The van der Waals surface area contributed by atoms with Crippen molar-refractivity contribution < 1.29 is 14.0 Å². The maximum absolute atomic E-state index is 13.3. The molecule has 2 unspecified atom stereocenters. The Morgan fingerprint density at radius 3 is 2.55 bits per heavy atom. The van der Waals surface area contributed by atoms with Crippen LogP contribution in [0.25, 0.3) is 5.69 Å². The summed E-state index contributed by atoms with van der Waals surface area (Å²) in [6.45, 7) is 3.07. The number of benzene rings is 2. The molecule has 0 radical (unpaired) electrons. The second-order valence-corrected chi connectivity index (χ2v) is 8.54. The van der Waals surface area contributed by atoms with E-state index in [-0.39, 0.29) is 36.0 Å². The molecular formula is C25H28FN5O2. The van der Waals surface area contributed by atoms with E-state index in [0.717, 1.165) is 29.7 Å². The highest BCUT2D eigenvalue weighted by Gasteiger charge is 2.31. The molecule has 0 bridgehead atoms. The van der Waals surface area contributed by atoms with Crippen molar-refractivity contribution in [3.8, 4) is 5.69 Å². The lowest BCUT2D eigenvalue weighted by Gasteiger charge is -2.36. The molecule has 2 heterocycles. The Morgan fingerprint density at radius 1 is 1.15 bits per heavy atom. The van der Waals surface area contributed by atoms with E-state index in [1.165, 1.54) is 18.5 Å². The second-order valence-electron chi connectivity index (χ2n) is 8.54. The van der Waals surface area contributed by atoms with E-state index in [1.54, 1.807) is 32.9 Å². The summed E-state index contributed by atoms with van der Waals surface area (Å²) in [4.78, 5) is 33.5. The lowest BCUT2D eigenvalue weighted by atomic mass is 9.95. The molecule has 0 N–H and O–H groups in total. The Kier molecular flexibility index (Phi) is 6.82. The van der Waals surface area contributed by atoms with Crippen molar-refractivity contribution in [2.24, 2.45) is 5.92 Å². The average Bonchev–Trinajstić information content (AvgIpc) is 3.39. The van der Waals surface area contributed by atoms with Crippen molar-refractivity contribution in [1.82, 2.24) is 24.6 Å². The van der Waals surface area contributed by atoms with Crippen LogP contribution in [0.1, 0.15) is 36.9 Å². The van der Waals surface area contributed by atoms with E-state index in [4.69, 9.17) is 0 Å². The number of hydrogen-bond acceptors (Lipinski definition) is 4. The lowest BCUT2D eigenvalue weighted by Crippen LogP contribution is -2.46. The number of halogens is 1. The highest BCUT2D eigenvalue weighted by atomic mass is 19.1. The first kappa shape index (κ1) is 22.6. The summed E-state index contributed by atoms with van der Waals surface area (Å²) >= 11 is 0. The molecule has 1 aliphatic rings. The number of carbonyl (C=O) groups excluding carboxylic acids is 2. The van der Waals surface area contributed by atoms with Crippen LogP contribution in [-0.4, -0.2) is 56.5 Å². The van der Waals surface area contributed by atoms with Gasteiger partial charge in [0.15, 0.2) is 0 Å². The van der Waals surface area contributed by atoms with Crippen LogP contribution in [-0.2, 0) is 16.0 Å². The summed E-state index contributed by atoms with van der Waals surface area (Å²) in [7, 11) is 1.82. The number of carbonyl (C=O) groups is 2. The second kappa shape index (κ2) is 9.94. The SMILES string of the molecule is CC(c1ccc(-n2cncn2)cc1)N(C)C(=O)C1CCCN(C(=O)Cc2ccc(F)cc2)C1. The van der Waals surface area contributed by atoms with Gasteiger partial charge >= 0.3 is 0 Å². The van der Waals surface area contributed by atoms with E-state index >= 15 is 0 Å². The van der Waals surface area contributed by atoms with E-state index in [9.17, 15) is 14.0 Å². The summed E-state index contributed by atoms with van der Waals surface area (Å²) in [5, 5.41) is 4.13. The van der Waals surface area contributed by atoms with Crippen LogP contribution in [0.3, 0.4) is 0 Å². The van der Waals surface area contributed by atoms with Crippen molar-refractivity contribution in [2.45, 2.75) is 32.2 Å². The third kappa shape index (κ3) is 5.27. The Bertz CT molecular complexity index is 1080. The molecule has 33 heavy (non-hydrogen) atoms. The predicted molar refractivity (Wildman–Crippen MR) is 122 cm³/mol. The first-order valence-corrected chi connectivity index (χ1v) is 11.2. The van der Waals surface area contributed by atoms with E-state index in [1.807, 2.05) is 38.2 Å². The topological polar surface area (TPSA) is 71.3 Å². The van der Waals surface area contributed by atoms with Crippen LogP contribution in [0.5, 0.6) is 0 Å². The number of piperidine rings is 1. The minimum atomic E-state index is -0.319. The normalized spacial score (nSPS) is 16.9. The third-order valence-corrected chi connectivity index (χ3v) is 6.38. The van der Waals surface area contributed by atoms with Crippen LogP contribution in [0.15, 0.2) is 61.2 Å². The number of aromatic nitrogens is 3. The molecule has 3 aromatic rings. The van der Waals surface area contributed by atoms with Crippen molar-refractivity contribution in [2.75, 3.05) is 20.1 Å². The molecule has 4 rings (SSSR count). The van der Waals surface area contributed by atoms with Crippen LogP contribution >= 0.6 is 0 Å².